The molecular formula is C15H20ClNO2. The van der Waals surface area contributed by atoms with Crippen LogP contribution in [0.25, 0.3) is 0 Å². The minimum atomic E-state index is 0.284. The molecule has 1 N–H and O–H groups in total. The van der Waals surface area contributed by atoms with Gasteiger partial charge in [-0.15, -0.1) is 0 Å². The van der Waals surface area contributed by atoms with Crippen molar-refractivity contribution in [3.05, 3.63) is 17.2 Å². The molecule has 1 aromatic carbocycles. The van der Waals surface area contributed by atoms with Gasteiger partial charge in [0.15, 0.2) is 11.5 Å². The van der Waals surface area contributed by atoms with Crippen LogP contribution in [0, 0.1) is 11.8 Å². The van der Waals surface area contributed by atoms with Crippen molar-refractivity contribution in [2.24, 2.45) is 11.8 Å². The van der Waals surface area contributed by atoms with Crippen molar-refractivity contribution in [3.63, 3.8) is 0 Å². The highest BCUT2D eigenvalue weighted by Crippen LogP contribution is 2.41. The average Bonchev–Trinajstić information content (AvgIpc) is 2.82. The zero-order chi connectivity index (χ0) is 13.4. The van der Waals surface area contributed by atoms with E-state index in [-0.39, 0.29) is 6.79 Å². The predicted octanol–water partition coefficient (Wildman–Crippen LogP) is 4.31. The van der Waals surface area contributed by atoms with Gasteiger partial charge in [-0.05, 0) is 18.3 Å². The van der Waals surface area contributed by atoms with Crippen LogP contribution in [0.2, 0.25) is 5.02 Å². The van der Waals surface area contributed by atoms with Gasteiger partial charge < -0.3 is 14.8 Å². The number of rotatable bonds is 2. The lowest BCUT2D eigenvalue weighted by molar-refractivity contribution is 0.174. The van der Waals surface area contributed by atoms with Gasteiger partial charge in [0.2, 0.25) is 6.79 Å². The van der Waals surface area contributed by atoms with Crippen LogP contribution in [0.15, 0.2) is 12.1 Å². The van der Waals surface area contributed by atoms with Gasteiger partial charge in [-0.25, -0.2) is 0 Å². The van der Waals surface area contributed by atoms with E-state index in [2.05, 4.69) is 19.2 Å². The third kappa shape index (κ3) is 2.48. The number of anilines is 1. The van der Waals surface area contributed by atoms with E-state index in [1.54, 1.807) is 0 Å². The topological polar surface area (TPSA) is 30.5 Å². The van der Waals surface area contributed by atoms with E-state index in [0.717, 1.165) is 23.1 Å². The molecular weight excluding hydrogens is 262 g/mol. The third-order valence-corrected chi connectivity index (χ3v) is 4.82. The zero-order valence-electron chi connectivity index (χ0n) is 11.4. The summed E-state index contributed by atoms with van der Waals surface area (Å²) in [5, 5.41) is 4.29. The van der Waals surface area contributed by atoms with Gasteiger partial charge in [0, 0.05) is 18.2 Å². The van der Waals surface area contributed by atoms with Crippen LogP contribution in [0.4, 0.5) is 5.69 Å². The van der Waals surface area contributed by atoms with Gasteiger partial charge in [0.1, 0.15) is 0 Å². The highest BCUT2D eigenvalue weighted by molar-refractivity contribution is 6.33. The van der Waals surface area contributed by atoms with Crippen LogP contribution in [0.3, 0.4) is 0 Å². The van der Waals surface area contributed by atoms with E-state index in [1.807, 2.05) is 12.1 Å². The third-order valence-electron chi connectivity index (χ3n) is 4.51. The van der Waals surface area contributed by atoms with Crippen molar-refractivity contribution in [2.45, 2.75) is 39.2 Å². The average molecular weight is 282 g/mol. The Morgan fingerprint density at radius 2 is 1.89 bits per heavy atom. The van der Waals surface area contributed by atoms with Gasteiger partial charge >= 0.3 is 0 Å². The fraction of sp³-hybridized carbons (Fsp3) is 0.600. The van der Waals surface area contributed by atoms with Gasteiger partial charge in [-0.1, -0.05) is 38.3 Å². The quantitative estimate of drug-likeness (QED) is 0.876. The highest BCUT2D eigenvalue weighted by Gasteiger charge is 2.28. The minimum absolute atomic E-state index is 0.284. The van der Waals surface area contributed by atoms with Crippen LogP contribution in [0.1, 0.15) is 33.1 Å². The summed E-state index contributed by atoms with van der Waals surface area (Å²) in [4.78, 5) is 0. The second-order valence-electron chi connectivity index (χ2n) is 5.70. The molecule has 1 fully saturated rings. The molecule has 0 radical (unpaired) electrons. The van der Waals surface area contributed by atoms with Crippen LogP contribution in [0.5, 0.6) is 11.5 Å². The molecule has 0 saturated heterocycles. The number of fused-ring (bicyclic) bond motifs is 1. The largest absolute Gasteiger partial charge is 0.454 e. The fourth-order valence-electron chi connectivity index (χ4n) is 3.01. The Kier molecular flexibility index (Phi) is 3.48. The number of benzene rings is 1. The van der Waals surface area contributed by atoms with Gasteiger partial charge in [-0.2, -0.15) is 0 Å². The lowest BCUT2D eigenvalue weighted by Crippen LogP contribution is -2.35. The van der Waals surface area contributed by atoms with E-state index in [1.165, 1.54) is 19.3 Å². The molecule has 3 unspecified atom stereocenters. The Labute approximate surface area is 119 Å². The first kappa shape index (κ1) is 12.9. The summed E-state index contributed by atoms with van der Waals surface area (Å²) in [6, 6.07) is 4.28. The maximum atomic E-state index is 6.31. The van der Waals surface area contributed by atoms with Crippen molar-refractivity contribution >= 4 is 17.3 Å². The number of halogens is 1. The smallest absolute Gasteiger partial charge is 0.231 e. The molecule has 3 nitrogen and oxygen atoms in total. The Balaban J connectivity index is 1.79. The minimum Gasteiger partial charge on any atom is -0.454 e. The molecule has 1 aliphatic carbocycles. The second kappa shape index (κ2) is 5.12. The van der Waals surface area contributed by atoms with Crippen molar-refractivity contribution in [3.8, 4) is 11.5 Å². The Morgan fingerprint density at radius 1 is 1.16 bits per heavy atom. The molecule has 0 amide bonds. The molecule has 4 heteroatoms. The monoisotopic (exact) mass is 281 g/mol. The molecule has 3 rings (SSSR count). The van der Waals surface area contributed by atoms with Gasteiger partial charge in [0.05, 0.1) is 10.7 Å². The number of hydrogen-bond donors (Lipinski definition) is 1. The molecule has 1 aromatic rings. The number of hydrogen-bond acceptors (Lipinski definition) is 3. The Morgan fingerprint density at radius 3 is 2.68 bits per heavy atom. The normalized spacial score (nSPS) is 29.3. The molecule has 0 spiro atoms. The number of ether oxygens (including phenoxy) is 2. The van der Waals surface area contributed by atoms with Crippen molar-refractivity contribution in [1.82, 2.24) is 0 Å². The van der Waals surface area contributed by atoms with Gasteiger partial charge in [0.25, 0.3) is 0 Å². The molecule has 0 aromatic heterocycles. The Bertz CT molecular complexity index is 477. The summed E-state index contributed by atoms with van der Waals surface area (Å²) in [5.41, 5.74) is 0.955. The molecule has 1 aliphatic heterocycles. The lowest BCUT2D eigenvalue weighted by atomic mass is 9.78. The summed E-state index contributed by atoms with van der Waals surface area (Å²) >= 11 is 6.31. The van der Waals surface area contributed by atoms with E-state index in [4.69, 9.17) is 21.1 Å². The fourth-order valence-corrected chi connectivity index (χ4v) is 3.22. The number of nitrogens with one attached hydrogen (secondary N) is 1. The van der Waals surface area contributed by atoms with Crippen LogP contribution in [-0.4, -0.2) is 12.8 Å². The predicted molar refractivity (Wildman–Crippen MR) is 77.2 cm³/mol. The van der Waals surface area contributed by atoms with E-state index in [9.17, 15) is 0 Å². The summed E-state index contributed by atoms with van der Waals surface area (Å²) in [5.74, 6) is 2.94. The summed E-state index contributed by atoms with van der Waals surface area (Å²) in [7, 11) is 0. The molecule has 1 saturated carbocycles. The van der Waals surface area contributed by atoms with Gasteiger partial charge in [-0.3, -0.25) is 0 Å². The summed E-state index contributed by atoms with van der Waals surface area (Å²) < 4.78 is 10.7. The molecule has 0 bridgehead atoms. The van der Waals surface area contributed by atoms with E-state index < -0.39 is 0 Å². The maximum absolute atomic E-state index is 6.31. The van der Waals surface area contributed by atoms with Crippen LogP contribution < -0.4 is 14.8 Å². The highest BCUT2D eigenvalue weighted by atomic mass is 35.5. The molecule has 3 atom stereocenters. The zero-order valence-corrected chi connectivity index (χ0v) is 12.2. The molecule has 1 heterocycles. The van der Waals surface area contributed by atoms with Crippen LogP contribution in [-0.2, 0) is 0 Å². The first-order valence-corrected chi connectivity index (χ1v) is 7.38. The molecule has 104 valence electrons. The van der Waals surface area contributed by atoms with Crippen molar-refractivity contribution in [2.75, 3.05) is 12.1 Å². The van der Waals surface area contributed by atoms with Crippen molar-refractivity contribution in [1.29, 1.82) is 0 Å². The molecule has 19 heavy (non-hydrogen) atoms. The maximum Gasteiger partial charge on any atom is 0.231 e. The summed E-state index contributed by atoms with van der Waals surface area (Å²) in [6.45, 7) is 4.94. The van der Waals surface area contributed by atoms with Crippen molar-refractivity contribution < 1.29 is 9.47 Å². The van der Waals surface area contributed by atoms with E-state index >= 15 is 0 Å². The Hall–Kier alpha value is -1.09. The molecule has 2 aliphatic rings. The lowest BCUT2D eigenvalue weighted by Gasteiger charge is -2.35. The van der Waals surface area contributed by atoms with Crippen LogP contribution >= 0.6 is 11.6 Å². The summed E-state index contributed by atoms with van der Waals surface area (Å²) in [6.07, 6.45) is 3.82. The van der Waals surface area contributed by atoms with E-state index in [0.29, 0.717) is 17.0 Å². The standard InChI is InChI=1S/C15H20ClNO2/c1-9-4-3-5-12(10(9)2)17-13-7-15-14(6-11(13)16)18-8-19-15/h6-7,9-10,12,17H,3-5,8H2,1-2H3. The second-order valence-corrected chi connectivity index (χ2v) is 6.11. The SMILES string of the molecule is CC1CCCC(Nc2cc3c(cc2Cl)OCO3)C1C. The first-order valence-electron chi connectivity index (χ1n) is 7.01. The first-order chi connectivity index (χ1) is 9.15.